The summed E-state index contributed by atoms with van der Waals surface area (Å²) in [6.07, 6.45) is 1.59. The van der Waals surface area contributed by atoms with Crippen molar-refractivity contribution < 1.29 is 14.3 Å². The van der Waals surface area contributed by atoms with Crippen LogP contribution in [-0.2, 0) is 0 Å². The first-order valence-electron chi connectivity index (χ1n) is 9.69. The van der Waals surface area contributed by atoms with Crippen molar-refractivity contribution in [2.75, 3.05) is 6.54 Å². The smallest absolute Gasteiger partial charge is 0.343 e. The molecule has 0 aliphatic carbocycles. The van der Waals surface area contributed by atoms with Crippen LogP contribution in [0.15, 0.2) is 96.0 Å². The van der Waals surface area contributed by atoms with Crippen LogP contribution in [0.3, 0.4) is 0 Å². The van der Waals surface area contributed by atoms with Gasteiger partial charge in [0.15, 0.2) is 5.78 Å². The number of ketones is 1. The SMILES string of the molecule is O=C(CN=Cc1c(OC(=O)c2ccc(Cl)cc2)ccc2ccccc12)c1ccccc1. The van der Waals surface area contributed by atoms with Crippen LogP contribution in [0.4, 0.5) is 0 Å². The van der Waals surface area contributed by atoms with Gasteiger partial charge < -0.3 is 4.74 Å². The van der Waals surface area contributed by atoms with Gasteiger partial charge >= 0.3 is 5.97 Å². The molecule has 152 valence electrons. The van der Waals surface area contributed by atoms with E-state index in [1.54, 1.807) is 48.7 Å². The van der Waals surface area contributed by atoms with Crippen LogP contribution < -0.4 is 4.74 Å². The molecule has 0 atom stereocenters. The quantitative estimate of drug-likeness (QED) is 0.164. The van der Waals surface area contributed by atoms with Crippen molar-refractivity contribution in [1.29, 1.82) is 0 Å². The van der Waals surface area contributed by atoms with Gasteiger partial charge in [-0.15, -0.1) is 0 Å². The third kappa shape index (κ3) is 4.87. The van der Waals surface area contributed by atoms with Crippen molar-refractivity contribution in [2.45, 2.75) is 0 Å². The van der Waals surface area contributed by atoms with Crippen LogP contribution in [-0.4, -0.2) is 24.5 Å². The van der Waals surface area contributed by atoms with E-state index in [-0.39, 0.29) is 12.3 Å². The van der Waals surface area contributed by atoms with Crippen LogP contribution >= 0.6 is 11.6 Å². The highest BCUT2D eigenvalue weighted by Gasteiger charge is 2.13. The number of hydrogen-bond acceptors (Lipinski definition) is 4. The van der Waals surface area contributed by atoms with Gasteiger partial charge in [-0.25, -0.2) is 4.79 Å². The Labute approximate surface area is 184 Å². The lowest BCUT2D eigenvalue weighted by atomic mass is 10.0. The van der Waals surface area contributed by atoms with Crippen LogP contribution in [0.1, 0.15) is 26.3 Å². The molecule has 0 aromatic heterocycles. The molecule has 4 aromatic rings. The van der Waals surface area contributed by atoms with Gasteiger partial charge in [0, 0.05) is 22.4 Å². The normalized spacial score (nSPS) is 11.0. The number of ether oxygens (including phenoxy) is 1. The molecule has 31 heavy (non-hydrogen) atoms. The minimum absolute atomic E-state index is 0.00218. The summed E-state index contributed by atoms with van der Waals surface area (Å²) in [6, 6.07) is 26.8. The molecule has 0 amide bonds. The lowest BCUT2D eigenvalue weighted by molar-refractivity contribution is 0.0734. The highest BCUT2D eigenvalue weighted by molar-refractivity contribution is 6.30. The molecule has 0 heterocycles. The molecular weight excluding hydrogens is 410 g/mol. The van der Waals surface area contributed by atoms with E-state index in [2.05, 4.69) is 4.99 Å². The Morgan fingerprint density at radius 1 is 0.806 bits per heavy atom. The first-order chi connectivity index (χ1) is 15.1. The highest BCUT2D eigenvalue weighted by atomic mass is 35.5. The summed E-state index contributed by atoms with van der Waals surface area (Å²) in [5, 5.41) is 2.39. The summed E-state index contributed by atoms with van der Waals surface area (Å²) in [5.74, 6) is -0.215. The number of benzene rings is 4. The molecule has 0 aliphatic rings. The van der Waals surface area contributed by atoms with Crippen LogP contribution in [0.25, 0.3) is 10.8 Å². The topological polar surface area (TPSA) is 55.7 Å². The lowest BCUT2D eigenvalue weighted by Crippen LogP contribution is -2.10. The highest BCUT2D eigenvalue weighted by Crippen LogP contribution is 2.27. The molecular formula is C26H18ClNO3. The van der Waals surface area contributed by atoms with E-state index in [4.69, 9.17) is 16.3 Å². The number of Topliss-reactive ketones (excluding diaryl/α,β-unsaturated/α-hetero) is 1. The summed E-state index contributed by atoms with van der Waals surface area (Å²) in [6.45, 7) is -0.00218. The van der Waals surface area contributed by atoms with Gasteiger partial charge in [-0.05, 0) is 41.1 Å². The van der Waals surface area contributed by atoms with Gasteiger partial charge in [0.1, 0.15) is 12.3 Å². The molecule has 0 bridgehead atoms. The Bertz CT molecular complexity index is 1270. The number of nitrogens with zero attached hydrogens (tertiary/aromatic N) is 1. The van der Waals surface area contributed by atoms with Crippen LogP contribution in [0.2, 0.25) is 5.02 Å². The fraction of sp³-hybridized carbons (Fsp3) is 0.0385. The molecule has 4 aromatic carbocycles. The molecule has 0 aliphatic heterocycles. The van der Waals surface area contributed by atoms with E-state index in [9.17, 15) is 9.59 Å². The van der Waals surface area contributed by atoms with Gasteiger partial charge in [-0.1, -0.05) is 72.3 Å². The fourth-order valence-corrected chi connectivity index (χ4v) is 3.30. The van der Waals surface area contributed by atoms with Gasteiger partial charge in [0.2, 0.25) is 0 Å². The molecule has 0 saturated heterocycles. The molecule has 0 spiro atoms. The number of carbonyl (C=O) groups is 2. The molecule has 4 nitrogen and oxygen atoms in total. The van der Waals surface area contributed by atoms with Gasteiger partial charge in [-0.2, -0.15) is 0 Å². The molecule has 0 fully saturated rings. The van der Waals surface area contributed by atoms with Crippen LogP contribution in [0.5, 0.6) is 5.75 Å². The molecule has 0 saturated carbocycles. The minimum atomic E-state index is -0.498. The average molecular weight is 428 g/mol. The molecule has 0 unspecified atom stereocenters. The van der Waals surface area contributed by atoms with Crippen molar-refractivity contribution >= 4 is 40.3 Å². The second-order valence-corrected chi connectivity index (χ2v) is 7.29. The predicted molar refractivity (Wildman–Crippen MR) is 124 cm³/mol. The van der Waals surface area contributed by atoms with E-state index in [0.717, 1.165) is 10.8 Å². The number of carbonyl (C=O) groups excluding carboxylic acids is 2. The van der Waals surface area contributed by atoms with Gasteiger partial charge in [0.05, 0.1) is 5.56 Å². The Morgan fingerprint density at radius 2 is 1.52 bits per heavy atom. The molecule has 0 N–H and O–H groups in total. The van der Waals surface area contributed by atoms with Gasteiger partial charge in [-0.3, -0.25) is 9.79 Å². The van der Waals surface area contributed by atoms with Crippen molar-refractivity contribution in [2.24, 2.45) is 4.99 Å². The Morgan fingerprint density at radius 3 is 2.29 bits per heavy atom. The number of hydrogen-bond donors (Lipinski definition) is 0. The zero-order chi connectivity index (χ0) is 21.6. The van der Waals surface area contributed by atoms with Crippen LogP contribution in [0, 0.1) is 0 Å². The van der Waals surface area contributed by atoms with E-state index in [0.29, 0.717) is 27.5 Å². The van der Waals surface area contributed by atoms with E-state index < -0.39 is 5.97 Å². The number of fused-ring (bicyclic) bond motifs is 1. The summed E-state index contributed by atoms with van der Waals surface area (Å²) in [7, 11) is 0. The van der Waals surface area contributed by atoms with Gasteiger partial charge in [0.25, 0.3) is 0 Å². The average Bonchev–Trinajstić information content (AvgIpc) is 2.81. The summed E-state index contributed by atoms with van der Waals surface area (Å²) >= 11 is 5.90. The number of rotatable bonds is 6. The number of halogens is 1. The maximum atomic E-state index is 12.6. The van der Waals surface area contributed by atoms with Crippen molar-refractivity contribution in [1.82, 2.24) is 0 Å². The number of esters is 1. The third-order valence-electron chi connectivity index (χ3n) is 4.76. The zero-order valence-electron chi connectivity index (χ0n) is 16.5. The molecule has 0 radical (unpaired) electrons. The van der Waals surface area contributed by atoms with Crippen molar-refractivity contribution in [3.05, 3.63) is 113 Å². The second kappa shape index (κ2) is 9.37. The number of aliphatic imine (C=N–C) groups is 1. The van der Waals surface area contributed by atoms with E-state index >= 15 is 0 Å². The zero-order valence-corrected chi connectivity index (χ0v) is 17.3. The van der Waals surface area contributed by atoms with Crippen molar-refractivity contribution in [3.63, 3.8) is 0 Å². The van der Waals surface area contributed by atoms with Crippen molar-refractivity contribution in [3.8, 4) is 5.75 Å². The third-order valence-corrected chi connectivity index (χ3v) is 5.02. The molecule has 5 heteroatoms. The Balaban J connectivity index is 1.63. The maximum absolute atomic E-state index is 12.6. The largest absolute Gasteiger partial charge is 0.422 e. The van der Waals surface area contributed by atoms with E-state index in [1.807, 2.05) is 48.5 Å². The molecule has 4 rings (SSSR count). The first kappa shape index (κ1) is 20.5. The minimum Gasteiger partial charge on any atom is -0.422 e. The Kier molecular flexibility index (Phi) is 6.20. The lowest BCUT2D eigenvalue weighted by Gasteiger charge is -2.10. The fourth-order valence-electron chi connectivity index (χ4n) is 3.18. The Hall–Kier alpha value is -3.76. The maximum Gasteiger partial charge on any atom is 0.343 e. The summed E-state index contributed by atoms with van der Waals surface area (Å²) in [5.41, 5.74) is 1.63. The summed E-state index contributed by atoms with van der Waals surface area (Å²) < 4.78 is 5.66. The van der Waals surface area contributed by atoms with E-state index in [1.165, 1.54) is 0 Å². The monoisotopic (exact) mass is 427 g/mol. The second-order valence-electron chi connectivity index (χ2n) is 6.85. The standard InChI is InChI=1S/C26H18ClNO3/c27-21-13-10-20(11-14-21)26(30)31-25-15-12-18-6-4-5-9-22(18)23(25)16-28-17-24(29)19-7-2-1-3-8-19/h1-16H,17H2. The predicted octanol–water partition coefficient (Wildman–Crippen LogP) is 6.01. The first-order valence-corrected chi connectivity index (χ1v) is 10.1. The summed E-state index contributed by atoms with van der Waals surface area (Å²) in [4.78, 5) is 29.3.